The molecule has 4 aliphatic rings. The van der Waals surface area contributed by atoms with E-state index in [0.717, 1.165) is 30.0 Å². The predicted molar refractivity (Wildman–Crippen MR) is 116 cm³/mol. The fourth-order valence-electron chi connectivity index (χ4n) is 4.49. The molecular weight excluding hydrogens is 540 g/mol. The average molecular weight is 562 g/mol. The zero-order valence-electron chi connectivity index (χ0n) is 17.8. The number of halogens is 2. The van der Waals surface area contributed by atoms with Crippen molar-refractivity contribution >= 4 is 17.3 Å². The predicted octanol–water partition coefficient (Wildman–Crippen LogP) is 0.0807. The molecule has 7 rings (SSSR count). The van der Waals surface area contributed by atoms with Crippen molar-refractivity contribution in [3.63, 3.8) is 0 Å². The number of alkyl halides is 1. The van der Waals surface area contributed by atoms with E-state index in [0.29, 0.717) is 41.8 Å². The quantitative estimate of drug-likeness (QED) is 0.238. The van der Waals surface area contributed by atoms with Crippen LogP contribution in [0.1, 0.15) is 20.0 Å². The molecule has 3 aromatic rings. The molecule has 0 saturated carbocycles. The van der Waals surface area contributed by atoms with Gasteiger partial charge in [0, 0.05) is 0 Å². The molecule has 4 aliphatic heterocycles. The first-order valence-corrected chi connectivity index (χ1v) is 12.9. The molecule has 1 atom stereocenters. The van der Waals surface area contributed by atoms with Crippen LogP contribution in [-0.2, 0) is 0 Å². The summed E-state index contributed by atoms with van der Waals surface area (Å²) >= 11 is -0.331. The molecule has 4 bridgehead atoms. The molecule has 0 aliphatic carbocycles. The van der Waals surface area contributed by atoms with E-state index in [4.69, 9.17) is 9.47 Å². The number of hydrogen-bond donors (Lipinski definition) is 3. The number of pyridine rings is 1. The number of benzene rings is 1. The zero-order valence-corrected chi connectivity index (χ0v) is 20.0. The van der Waals surface area contributed by atoms with Gasteiger partial charge in [0.1, 0.15) is 0 Å². The number of carbonyl (C=O) groups excluding carboxylic acids is 1. The van der Waals surface area contributed by atoms with Crippen LogP contribution in [0, 0.1) is 11.7 Å². The van der Waals surface area contributed by atoms with Crippen molar-refractivity contribution in [1.29, 1.82) is 0 Å². The van der Waals surface area contributed by atoms with Gasteiger partial charge in [0.05, 0.1) is 0 Å². The van der Waals surface area contributed by atoms with Crippen LogP contribution in [-0.4, -0.2) is 52.3 Å². The van der Waals surface area contributed by atoms with E-state index >= 15 is 0 Å². The van der Waals surface area contributed by atoms with Crippen LogP contribution < -0.4 is 41.6 Å². The first-order valence-electron chi connectivity index (χ1n) is 10.7. The van der Waals surface area contributed by atoms with Gasteiger partial charge in [0.15, 0.2) is 0 Å². The molecule has 172 valence electrons. The van der Waals surface area contributed by atoms with Crippen molar-refractivity contribution in [3.8, 4) is 22.8 Å². The summed E-state index contributed by atoms with van der Waals surface area (Å²) < 4.78 is 28.6. The molecule has 8 nitrogen and oxygen atoms in total. The summed E-state index contributed by atoms with van der Waals surface area (Å²) in [5.41, 5.74) is 4.03. The Kier molecular flexibility index (Phi) is 5.13. The van der Waals surface area contributed by atoms with Gasteiger partial charge >= 0.3 is 201 Å². The fourth-order valence-corrected chi connectivity index (χ4v) is 8.17. The molecule has 10 heteroatoms. The van der Waals surface area contributed by atoms with E-state index in [9.17, 15) is 9.18 Å². The molecular formula is C23H22FIN5O3-. The second kappa shape index (κ2) is 8.17. The number of aromatic nitrogens is 2. The Morgan fingerprint density at radius 1 is 1.33 bits per heavy atom. The Morgan fingerprint density at radius 3 is 3.06 bits per heavy atom. The molecule has 0 spiro atoms. The van der Waals surface area contributed by atoms with E-state index in [1.807, 2.05) is 6.07 Å². The number of aromatic amines is 1. The number of methoxy groups -OCH3 is 1. The summed E-state index contributed by atoms with van der Waals surface area (Å²) in [5.74, 6) is 0.606. The Morgan fingerprint density at radius 2 is 2.21 bits per heavy atom. The minimum atomic E-state index is -0.479. The van der Waals surface area contributed by atoms with Crippen molar-refractivity contribution in [1.82, 2.24) is 18.4 Å². The van der Waals surface area contributed by atoms with Crippen LogP contribution >= 0.6 is 0 Å². The molecule has 3 N–H and O–H groups in total. The van der Waals surface area contributed by atoms with Crippen LogP contribution in [0.3, 0.4) is 0 Å². The van der Waals surface area contributed by atoms with Crippen LogP contribution in [0.15, 0.2) is 36.7 Å². The van der Waals surface area contributed by atoms with E-state index < -0.39 is 5.82 Å². The fraction of sp³-hybridized carbons (Fsp3) is 0.304. The van der Waals surface area contributed by atoms with Crippen molar-refractivity contribution in [2.24, 2.45) is 5.92 Å². The number of nitrogens with one attached hydrogen (secondary N) is 3. The van der Waals surface area contributed by atoms with Gasteiger partial charge in [-0.15, -0.1) is 0 Å². The first kappa shape index (κ1) is 20.7. The molecule has 1 aromatic carbocycles. The normalized spacial score (nSPS) is 23.3. The van der Waals surface area contributed by atoms with Gasteiger partial charge in [0.2, 0.25) is 0 Å². The second-order valence-electron chi connectivity index (χ2n) is 8.26. The number of ether oxygens (including phenoxy) is 2. The molecule has 33 heavy (non-hydrogen) atoms. The zero-order chi connectivity index (χ0) is 22.5. The summed E-state index contributed by atoms with van der Waals surface area (Å²) in [6, 6.07) is 6.56. The van der Waals surface area contributed by atoms with E-state index in [1.54, 1.807) is 24.5 Å². The van der Waals surface area contributed by atoms with Gasteiger partial charge in [-0.2, -0.15) is 0 Å². The molecule has 2 aromatic heterocycles. The minimum absolute atomic E-state index is 0.0923. The monoisotopic (exact) mass is 562 g/mol. The van der Waals surface area contributed by atoms with Crippen molar-refractivity contribution in [3.05, 3.63) is 53.7 Å². The van der Waals surface area contributed by atoms with E-state index in [1.165, 1.54) is 13.2 Å². The van der Waals surface area contributed by atoms with Gasteiger partial charge in [-0.3, -0.25) is 0 Å². The van der Waals surface area contributed by atoms with Gasteiger partial charge in [-0.25, -0.2) is 0 Å². The third-order valence-electron chi connectivity index (χ3n) is 6.14. The van der Waals surface area contributed by atoms with Gasteiger partial charge in [-0.05, 0) is 0 Å². The number of para-hydroxylation sites is 1. The Hall–Kier alpha value is -2.86. The average Bonchev–Trinajstić information content (AvgIpc) is 3.16. The summed E-state index contributed by atoms with van der Waals surface area (Å²) in [7, 11) is 1.43. The summed E-state index contributed by atoms with van der Waals surface area (Å²) in [5, 5.41) is 6.37. The third kappa shape index (κ3) is 3.52. The van der Waals surface area contributed by atoms with Crippen molar-refractivity contribution in [2.75, 3.05) is 38.7 Å². The number of carbonyl (C=O) groups is 1. The van der Waals surface area contributed by atoms with Crippen molar-refractivity contribution < 1.29 is 40.1 Å². The summed E-state index contributed by atoms with van der Waals surface area (Å²) in [6.07, 6.45) is 3.41. The number of amides is 1. The maximum absolute atomic E-state index is 14.4. The number of fused-ring (bicyclic) bond motifs is 1. The SMILES string of the molecule is COc1c(F)cccc1Nc1c2[nH]c3c1C(=O)NC[C@H]3[I-]N1CC(COc3cnccc3-2)C1. The Balaban J connectivity index is 1.56. The third-order valence-corrected chi connectivity index (χ3v) is 9.45. The first-order chi connectivity index (χ1) is 16.1. The molecule has 0 unspecified atom stereocenters. The standard InChI is InChI=1S/C23H22FIN5O3/c1-32-22-14(24)3-2-4-16(22)28-21-18-20-15(7-27-23(18)31)25-30-9-12(10-30)11-33-17-8-26-6-5-13(17)19(21)29-20/h2-6,8,12,15,28-29H,7,9-11H2,1H3,(H,27,31)/q-1/t15-/m1/s1. The molecule has 0 radical (unpaired) electrons. The Bertz CT molecular complexity index is 1240. The summed E-state index contributed by atoms with van der Waals surface area (Å²) in [4.78, 5) is 20.9. The maximum atomic E-state index is 14.4. The molecule has 1 amide bonds. The number of hydrogen-bond acceptors (Lipinski definition) is 6. The number of nitrogens with zero attached hydrogens (tertiary/aromatic N) is 2. The second-order valence-corrected chi connectivity index (χ2v) is 11.7. The van der Waals surface area contributed by atoms with Crippen LogP contribution in [0.5, 0.6) is 11.5 Å². The van der Waals surface area contributed by atoms with E-state index in [2.05, 4.69) is 23.7 Å². The Labute approximate surface area is 200 Å². The topological polar surface area (TPSA) is 91.5 Å². The summed E-state index contributed by atoms with van der Waals surface area (Å²) in [6.45, 7) is 3.27. The van der Waals surface area contributed by atoms with Crippen LogP contribution in [0.4, 0.5) is 15.8 Å². The molecule has 1 saturated heterocycles. The van der Waals surface area contributed by atoms with Gasteiger partial charge in [-0.1, -0.05) is 0 Å². The van der Waals surface area contributed by atoms with Crippen molar-refractivity contribution in [2.45, 2.75) is 3.92 Å². The number of H-pyrrole nitrogens is 1. The molecule has 1 fully saturated rings. The van der Waals surface area contributed by atoms with Crippen LogP contribution in [0.25, 0.3) is 11.3 Å². The molecule has 6 heterocycles. The van der Waals surface area contributed by atoms with Gasteiger partial charge in [0.25, 0.3) is 0 Å². The number of rotatable bonds is 3. The number of anilines is 2. The van der Waals surface area contributed by atoms with Gasteiger partial charge < -0.3 is 0 Å². The van der Waals surface area contributed by atoms with Crippen LogP contribution in [0.2, 0.25) is 0 Å². The van der Waals surface area contributed by atoms with E-state index in [-0.39, 0.29) is 37.1 Å².